The number of nitrogens with one attached hydrogen (secondary N) is 2. The minimum absolute atomic E-state index is 0.0174. The summed E-state index contributed by atoms with van der Waals surface area (Å²) in [5.74, 6) is 0.730. The van der Waals surface area contributed by atoms with Crippen LogP contribution in [0.4, 0.5) is 0 Å². The van der Waals surface area contributed by atoms with Crippen LogP contribution in [0, 0.1) is 0 Å². The first-order valence-corrected chi connectivity index (χ1v) is 4.34. The summed E-state index contributed by atoms with van der Waals surface area (Å²) in [5, 5.41) is 5.75. The summed E-state index contributed by atoms with van der Waals surface area (Å²) in [7, 11) is 1.75. The molecule has 4 nitrogen and oxygen atoms in total. The van der Waals surface area contributed by atoms with Crippen molar-refractivity contribution in [2.24, 2.45) is 0 Å². The first-order chi connectivity index (χ1) is 6.33. The van der Waals surface area contributed by atoms with Crippen molar-refractivity contribution in [2.75, 3.05) is 13.6 Å². The molecular formula is C9H12N2O2. The van der Waals surface area contributed by atoms with Gasteiger partial charge in [-0.2, -0.15) is 0 Å². The Balaban J connectivity index is 2.39. The molecule has 0 radical (unpaired) electrons. The van der Waals surface area contributed by atoms with Crippen LogP contribution >= 0.6 is 0 Å². The van der Waals surface area contributed by atoms with Crippen LogP contribution in [0.5, 0.6) is 0 Å². The number of carbonyl (C=O) groups is 1. The number of carbonyl (C=O) groups excluding carboxylic acids is 1. The minimum atomic E-state index is -0.340. The molecule has 0 aromatic carbocycles. The number of rotatable bonds is 1. The van der Waals surface area contributed by atoms with Gasteiger partial charge in [0.2, 0.25) is 5.91 Å². The third-order valence-electron chi connectivity index (χ3n) is 2.29. The Bertz CT molecular complexity index is 319. The lowest BCUT2D eigenvalue weighted by molar-refractivity contribution is -0.123. The van der Waals surface area contributed by atoms with Gasteiger partial charge in [-0.25, -0.2) is 0 Å². The van der Waals surface area contributed by atoms with Crippen LogP contribution in [0.25, 0.3) is 0 Å². The van der Waals surface area contributed by atoms with Crippen molar-refractivity contribution in [3.05, 3.63) is 23.7 Å². The summed E-state index contributed by atoms with van der Waals surface area (Å²) in [6.45, 7) is 0.684. The lowest BCUT2D eigenvalue weighted by Gasteiger charge is -2.10. The Kier molecular flexibility index (Phi) is 2.06. The fourth-order valence-electron chi connectivity index (χ4n) is 1.61. The molecule has 4 heteroatoms. The van der Waals surface area contributed by atoms with E-state index in [1.165, 1.54) is 0 Å². The van der Waals surface area contributed by atoms with Gasteiger partial charge >= 0.3 is 0 Å². The largest absolute Gasteiger partial charge is 0.467 e. The Morgan fingerprint density at radius 3 is 3.31 bits per heavy atom. The molecule has 1 aromatic rings. The summed E-state index contributed by atoms with van der Waals surface area (Å²) in [5.41, 5.74) is 1.11. The topological polar surface area (TPSA) is 54.3 Å². The maximum Gasteiger partial charge on any atom is 0.245 e. The number of fused-ring (bicyclic) bond motifs is 1. The predicted octanol–water partition coefficient (Wildman–Crippen LogP) is 0.212. The first kappa shape index (κ1) is 8.31. The van der Waals surface area contributed by atoms with Crippen LogP contribution in [-0.2, 0) is 11.2 Å². The second-order valence-electron chi connectivity index (χ2n) is 3.07. The van der Waals surface area contributed by atoms with Gasteiger partial charge in [0.25, 0.3) is 0 Å². The zero-order valence-electron chi connectivity index (χ0n) is 7.46. The second kappa shape index (κ2) is 3.22. The zero-order valence-corrected chi connectivity index (χ0v) is 7.46. The second-order valence-corrected chi connectivity index (χ2v) is 3.07. The van der Waals surface area contributed by atoms with Crippen LogP contribution in [0.2, 0.25) is 0 Å². The molecule has 0 aliphatic carbocycles. The van der Waals surface area contributed by atoms with Gasteiger partial charge in [0.15, 0.2) is 0 Å². The van der Waals surface area contributed by atoms with E-state index in [4.69, 9.17) is 4.42 Å². The lowest BCUT2D eigenvalue weighted by atomic mass is 10.1. The van der Waals surface area contributed by atoms with E-state index in [-0.39, 0.29) is 11.9 Å². The fourth-order valence-corrected chi connectivity index (χ4v) is 1.61. The molecule has 1 aromatic heterocycles. The average Bonchev–Trinajstić information content (AvgIpc) is 2.50. The van der Waals surface area contributed by atoms with Crippen molar-refractivity contribution in [3.63, 3.8) is 0 Å². The van der Waals surface area contributed by atoms with Gasteiger partial charge in [-0.15, -0.1) is 0 Å². The van der Waals surface area contributed by atoms with Crippen molar-refractivity contribution in [1.82, 2.24) is 10.6 Å². The molecular weight excluding hydrogens is 168 g/mol. The molecule has 0 saturated carbocycles. The summed E-state index contributed by atoms with van der Waals surface area (Å²) >= 11 is 0. The molecule has 70 valence electrons. The highest BCUT2D eigenvalue weighted by Gasteiger charge is 2.26. The minimum Gasteiger partial charge on any atom is -0.467 e. The highest BCUT2D eigenvalue weighted by molar-refractivity contribution is 5.83. The summed E-state index contributed by atoms with van der Waals surface area (Å²) in [4.78, 5) is 11.5. The number of hydrogen-bond acceptors (Lipinski definition) is 3. The maximum atomic E-state index is 11.5. The van der Waals surface area contributed by atoms with E-state index in [1.54, 1.807) is 13.3 Å². The van der Waals surface area contributed by atoms with Crippen molar-refractivity contribution in [2.45, 2.75) is 12.5 Å². The van der Waals surface area contributed by atoms with E-state index in [1.807, 2.05) is 6.07 Å². The Hall–Kier alpha value is -1.29. The molecule has 2 rings (SSSR count). The van der Waals surface area contributed by atoms with Crippen LogP contribution in [0.3, 0.4) is 0 Å². The number of hydrogen-bond donors (Lipinski definition) is 2. The fraction of sp³-hybridized carbons (Fsp3) is 0.444. The smallest absolute Gasteiger partial charge is 0.245 e. The molecule has 1 amide bonds. The van der Waals surface area contributed by atoms with Gasteiger partial charge in [-0.05, 0) is 25.1 Å². The van der Waals surface area contributed by atoms with Crippen molar-refractivity contribution < 1.29 is 9.21 Å². The maximum absolute atomic E-state index is 11.5. The summed E-state index contributed by atoms with van der Waals surface area (Å²) < 4.78 is 5.29. The molecule has 1 unspecified atom stereocenters. The van der Waals surface area contributed by atoms with Gasteiger partial charge < -0.3 is 15.1 Å². The van der Waals surface area contributed by atoms with Crippen molar-refractivity contribution >= 4 is 5.91 Å². The van der Waals surface area contributed by atoms with Crippen molar-refractivity contribution in [3.8, 4) is 0 Å². The van der Waals surface area contributed by atoms with Crippen molar-refractivity contribution in [1.29, 1.82) is 0 Å². The van der Waals surface area contributed by atoms with Gasteiger partial charge in [0.05, 0.1) is 6.26 Å². The van der Waals surface area contributed by atoms with E-state index in [9.17, 15) is 4.79 Å². The van der Waals surface area contributed by atoms with Gasteiger partial charge in [-0.1, -0.05) is 0 Å². The molecule has 1 atom stereocenters. The van der Waals surface area contributed by atoms with E-state index in [0.29, 0.717) is 6.54 Å². The standard InChI is InChI=1S/C9H12N2O2/c1-10-7-8-6(3-5-13-8)2-4-11-9(7)12/h3,5,7,10H,2,4H2,1H3,(H,11,12). The van der Waals surface area contributed by atoms with Gasteiger partial charge in [0, 0.05) is 6.54 Å². The predicted molar refractivity (Wildman–Crippen MR) is 47.2 cm³/mol. The number of amides is 1. The Labute approximate surface area is 76.3 Å². The third-order valence-corrected chi connectivity index (χ3v) is 2.29. The molecule has 0 spiro atoms. The van der Waals surface area contributed by atoms with Crippen LogP contribution < -0.4 is 10.6 Å². The molecule has 1 aliphatic heterocycles. The molecule has 0 saturated heterocycles. The monoisotopic (exact) mass is 180 g/mol. The molecule has 2 heterocycles. The summed E-state index contributed by atoms with van der Waals surface area (Å²) in [6, 6.07) is 1.58. The zero-order chi connectivity index (χ0) is 9.26. The van der Waals surface area contributed by atoms with E-state index in [0.717, 1.165) is 17.7 Å². The number of furan rings is 1. The van der Waals surface area contributed by atoms with E-state index in [2.05, 4.69) is 10.6 Å². The third kappa shape index (κ3) is 1.33. The van der Waals surface area contributed by atoms with Gasteiger partial charge in [-0.3, -0.25) is 4.79 Å². The van der Waals surface area contributed by atoms with Crippen LogP contribution in [-0.4, -0.2) is 19.5 Å². The number of likely N-dealkylation sites (N-methyl/N-ethyl adjacent to an activating group) is 1. The van der Waals surface area contributed by atoms with Crippen LogP contribution in [0.1, 0.15) is 17.4 Å². The van der Waals surface area contributed by atoms with Crippen LogP contribution in [0.15, 0.2) is 16.7 Å². The quantitative estimate of drug-likeness (QED) is 0.649. The normalized spacial score (nSPS) is 21.9. The molecule has 0 fully saturated rings. The molecule has 13 heavy (non-hydrogen) atoms. The van der Waals surface area contributed by atoms with E-state index >= 15 is 0 Å². The molecule has 1 aliphatic rings. The highest BCUT2D eigenvalue weighted by atomic mass is 16.3. The van der Waals surface area contributed by atoms with E-state index < -0.39 is 0 Å². The summed E-state index contributed by atoms with van der Waals surface area (Å²) in [6.07, 6.45) is 2.48. The SMILES string of the molecule is CNC1C(=O)NCCc2ccoc21. The Morgan fingerprint density at radius 1 is 1.69 bits per heavy atom. The Morgan fingerprint density at radius 2 is 2.54 bits per heavy atom. The highest BCUT2D eigenvalue weighted by Crippen LogP contribution is 2.21. The molecule has 2 N–H and O–H groups in total. The van der Waals surface area contributed by atoms with Gasteiger partial charge in [0.1, 0.15) is 11.8 Å². The average molecular weight is 180 g/mol. The first-order valence-electron chi connectivity index (χ1n) is 4.34. The molecule has 0 bridgehead atoms. The lowest BCUT2D eigenvalue weighted by Crippen LogP contribution is -2.34.